The van der Waals surface area contributed by atoms with Gasteiger partial charge in [-0.05, 0) is 0 Å². The monoisotopic (exact) mass is 291 g/mol. The minimum absolute atomic E-state index is 0. The molecule has 0 aliphatic carbocycles. The molecule has 0 spiro atoms. The molecule has 0 heterocycles. The second-order valence-corrected chi connectivity index (χ2v) is 0. The Bertz CT molecular complexity index is 8.49. The van der Waals surface area contributed by atoms with Gasteiger partial charge in [-0.2, -0.15) is 0 Å². The first kappa shape index (κ1) is 520. The van der Waals surface area contributed by atoms with E-state index >= 15 is 0 Å². The first-order chi connectivity index (χ1) is 0. The summed E-state index contributed by atoms with van der Waals surface area (Å²) in [6.45, 7) is 0. The van der Waals surface area contributed by atoms with Gasteiger partial charge in [0.2, 0.25) is 0 Å². The Kier molecular flexibility index (Phi) is 23000. The van der Waals surface area contributed by atoms with Crippen molar-refractivity contribution in [3.8, 4) is 0 Å². The van der Waals surface area contributed by atoms with Crippen LogP contribution in [0.4, 0.5) is 0 Å². The van der Waals surface area contributed by atoms with Gasteiger partial charge in [0.1, 0.15) is 0 Å². The molecule has 1 radical (unpaired) electrons. The van der Waals surface area contributed by atoms with Crippen LogP contribution >= 0.6 is 0 Å². The Morgan fingerprint density at radius 3 is 0.375 bits per heavy atom. The molecule has 0 amide bonds. The standard InChI is InChI=1S/Co.6H2O.Sn.4H/h;6*1H2;;;;;. The first-order valence-corrected chi connectivity index (χ1v) is 0. The van der Waals surface area contributed by atoms with Gasteiger partial charge in [-0.3, -0.25) is 0 Å². The molecule has 0 saturated carbocycles. The van der Waals surface area contributed by atoms with E-state index in [-0.39, 0.29) is 73.5 Å². The molecule has 0 aromatic heterocycles. The molecule has 65 valence electrons. The molecule has 0 aliphatic heterocycles. The van der Waals surface area contributed by atoms with Gasteiger partial charge < -0.3 is 32.9 Å². The minimum atomic E-state index is 0. The molecule has 0 aliphatic rings. The summed E-state index contributed by atoms with van der Waals surface area (Å²) in [5.41, 5.74) is 0. The summed E-state index contributed by atoms with van der Waals surface area (Å²) in [5.74, 6) is 0. The van der Waals surface area contributed by atoms with Gasteiger partial charge in [-0.25, -0.2) is 0 Å². The number of rotatable bonds is 0. The van der Waals surface area contributed by atoms with E-state index in [1.165, 1.54) is 0 Å². The molecule has 8 heteroatoms. The molecular formula is H16CoO6Sn. The Hall–Kier alpha value is 1.07. The topological polar surface area (TPSA) is 189 Å². The summed E-state index contributed by atoms with van der Waals surface area (Å²) in [6.07, 6.45) is 0. The van der Waals surface area contributed by atoms with E-state index in [9.17, 15) is 0 Å². The average molecular weight is 290 g/mol. The second kappa shape index (κ2) is 355. The van der Waals surface area contributed by atoms with Gasteiger partial charge >= 0.3 is 23.9 Å². The maximum atomic E-state index is 0. The predicted octanol–water partition coefficient (Wildman–Crippen LogP) is -6.40. The summed E-state index contributed by atoms with van der Waals surface area (Å²) in [5, 5.41) is 0. The van der Waals surface area contributed by atoms with Crippen molar-refractivity contribution >= 4 is 23.9 Å². The fourth-order valence-electron chi connectivity index (χ4n) is 0. The number of hydrogen-bond acceptors (Lipinski definition) is 0. The first-order valence-electron chi connectivity index (χ1n) is 0. The van der Waals surface area contributed by atoms with Gasteiger partial charge in [0.05, 0.1) is 0 Å². The van der Waals surface area contributed by atoms with E-state index in [0.717, 1.165) is 0 Å². The van der Waals surface area contributed by atoms with Crippen LogP contribution in [0.3, 0.4) is 0 Å². The van der Waals surface area contributed by atoms with Crippen molar-refractivity contribution in [2.24, 2.45) is 0 Å². The van der Waals surface area contributed by atoms with Crippen LogP contribution in [0.15, 0.2) is 0 Å². The van der Waals surface area contributed by atoms with Crippen LogP contribution in [0.25, 0.3) is 0 Å². The van der Waals surface area contributed by atoms with Crippen LogP contribution in [-0.2, 0) is 16.8 Å². The average Bonchev–Trinajstić information content (AvgIpc) is 0. The van der Waals surface area contributed by atoms with E-state index in [1.807, 2.05) is 0 Å². The molecule has 0 rings (SSSR count). The zero-order chi connectivity index (χ0) is 0. The summed E-state index contributed by atoms with van der Waals surface area (Å²) in [7, 11) is 0. The zero-order valence-electron chi connectivity index (χ0n) is 3.33. The zero-order valence-corrected chi connectivity index (χ0v) is 4.37. The van der Waals surface area contributed by atoms with Crippen molar-refractivity contribution in [2.75, 3.05) is 0 Å². The third-order valence-corrected chi connectivity index (χ3v) is 0. The molecular weight excluding hydrogens is 274 g/mol. The van der Waals surface area contributed by atoms with E-state index in [2.05, 4.69) is 0 Å². The molecule has 0 saturated heterocycles. The van der Waals surface area contributed by atoms with Gasteiger partial charge in [-0.15, -0.1) is 0 Å². The summed E-state index contributed by atoms with van der Waals surface area (Å²) >= 11 is 0. The van der Waals surface area contributed by atoms with Crippen LogP contribution < -0.4 is 0 Å². The van der Waals surface area contributed by atoms with Crippen molar-refractivity contribution in [1.29, 1.82) is 0 Å². The summed E-state index contributed by atoms with van der Waals surface area (Å²) in [4.78, 5) is 0. The molecule has 0 unspecified atom stereocenters. The molecule has 0 aromatic carbocycles. The molecule has 8 heavy (non-hydrogen) atoms. The van der Waals surface area contributed by atoms with E-state index < -0.39 is 0 Å². The fourth-order valence-corrected chi connectivity index (χ4v) is 0. The third kappa shape index (κ3) is 229. The SMILES string of the molecule is O.O.O.O.O.O.[Co].[SnH4]. The second-order valence-electron chi connectivity index (χ2n) is 0. The van der Waals surface area contributed by atoms with Crippen LogP contribution in [0, 0.1) is 0 Å². The summed E-state index contributed by atoms with van der Waals surface area (Å²) in [6, 6.07) is 0. The molecule has 0 bridgehead atoms. The molecule has 0 fully saturated rings. The maximum absolute atomic E-state index is 0. The van der Waals surface area contributed by atoms with Crippen LogP contribution in [0.2, 0.25) is 0 Å². The Labute approximate surface area is 73.7 Å². The Morgan fingerprint density at radius 2 is 0.375 bits per heavy atom. The quantitative estimate of drug-likeness (QED) is 0.384. The fraction of sp³-hybridized carbons (Fsp3) is 0. The van der Waals surface area contributed by atoms with Crippen molar-refractivity contribution in [3.05, 3.63) is 0 Å². The van der Waals surface area contributed by atoms with E-state index in [0.29, 0.717) is 0 Å². The molecule has 0 aromatic rings. The third-order valence-electron chi connectivity index (χ3n) is 0. The van der Waals surface area contributed by atoms with Crippen LogP contribution in [0.1, 0.15) is 0 Å². The van der Waals surface area contributed by atoms with Gasteiger partial charge in [0.15, 0.2) is 0 Å². The van der Waals surface area contributed by atoms with Crippen molar-refractivity contribution in [1.82, 2.24) is 0 Å². The predicted molar refractivity (Wildman–Crippen MR) is 33.0 cm³/mol. The summed E-state index contributed by atoms with van der Waals surface area (Å²) < 4.78 is 0. The molecule has 0 atom stereocenters. The number of hydrogen-bond donors (Lipinski definition) is 0. The van der Waals surface area contributed by atoms with Crippen molar-refractivity contribution in [2.45, 2.75) is 0 Å². The van der Waals surface area contributed by atoms with Crippen LogP contribution in [-0.4, -0.2) is 56.8 Å². The van der Waals surface area contributed by atoms with E-state index in [4.69, 9.17) is 0 Å². The molecule has 12 N–H and O–H groups in total. The van der Waals surface area contributed by atoms with Crippen LogP contribution in [0.5, 0.6) is 0 Å². The van der Waals surface area contributed by atoms with Crippen molar-refractivity contribution in [3.63, 3.8) is 0 Å². The Balaban J connectivity index is 0. The molecule has 6 nitrogen and oxygen atoms in total. The van der Waals surface area contributed by atoms with E-state index in [1.54, 1.807) is 0 Å². The normalized spacial score (nSPS) is 0. The van der Waals surface area contributed by atoms with Gasteiger partial charge in [0.25, 0.3) is 0 Å². The Morgan fingerprint density at radius 1 is 0.375 bits per heavy atom. The van der Waals surface area contributed by atoms with Crippen molar-refractivity contribution < 1.29 is 49.6 Å². The van der Waals surface area contributed by atoms with Gasteiger partial charge in [0, 0.05) is 16.8 Å². The van der Waals surface area contributed by atoms with Gasteiger partial charge in [-0.1, -0.05) is 0 Å².